The van der Waals surface area contributed by atoms with Gasteiger partial charge in [0, 0.05) is 24.6 Å². The van der Waals surface area contributed by atoms with Crippen LogP contribution in [0.5, 0.6) is 5.75 Å². The molecule has 0 saturated carbocycles. The Bertz CT molecular complexity index is 538. The van der Waals surface area contributed by atoms with Crippen molar-refractivity contribution in [2.45, 2.75) is 27.0 Å². The van der Waals surface area contributed by atoms with Gasteiger partial charge < -0.3 is 14.6 Å². The molecule has 1 aromatic heterocycles. The van der Waals surface area contributed by atoms with Crippen LogP contribution in [0.1, 0.15) is 13.8 Å². The first-order valence-corrected chi connectivity index (χ1v) is 6.37. The Hall–Kier alpha value is -2.11. The van der Waals surface area contributed by atoms with Crippen molar-refractivity contribution in [1.29, 1.82) is 0 Å². The van der Waals surface area contributed by atoms with E-state index < -0.39 is 6.61 Å². The number of imidazole rings is 1. The number of hydrogen-bond acceptors (Lipinski definition) is 3. The summed E-state index contributed by atoms with van der Waals surface area (Å²) >= 11 is 0. The van der Waals surface area contributed by atoms with Crippen LogP contribution in [0.25, 0.3) is 0 Å². The fourth-order valence-corrected chi connectivity index (χ4v) is 1.82. The molecule has 0 aliphatic carbocycles. The molecule has 0 aliphatic rings. The summed E-state index contributed by atoms with van der Waals surface area (Å²) in [7, 11) is 0. The Morgan fingerprint density at radius 1 is 1.25 bits per heavy atom. The Morgan fingerprint density at radius 3 is 2.55 bits per heavy atom. The van der Waals surface area contributed by atoms with Gasteiger partial charge in [0.15, 0.2) is 0 Å². The second kappa shape index (κ2) is 6.36. The molecule has 2 rings (SSSR count). The second-order valence-corrected chi connectivity index (χ2v) is 4.82. The molecule has 2 aromatic rings. The number of alkyl halides is 2. The van der Waals surface area contributed by atoms with Gasteiger partial charge in [-0.3, -0.25) is 0 Å². The third-order valence-corrected chi connectivity index (χ3v) is 2.61. The number of halogens is 2. The summed E-state index contributed by atoms with van der Waals surface area (Å²) in [4.78, 5) is 4.24. The van der Waals surface area contributed by atoms with E-state index in [9.17, 15) is 8.78 Å². The lowest BCUT2D eigenvalue weighted by molar-refractivity contribution is -0.0498. The number of anilines is 2. The van der Waals surface area contributed by atoms with Crippen LogP contribution in [-0.2, 0) is 6.54 Å². The SMILES string of the molecule is CC(C)Cn1ccnc1Nc1ccc(OC(F)F)cc1. The van der Waals surface area contributed by atoms with Crippen LogP contribution in [0.4, 0.5) is 20.4 Å². The molecule has 0 bridgehead atoms. The monoisotopic (exact) mass is 281 g/mol. The highest BCUT2D eigenvalue weighted by molar-refractivity contribution is 5.54. The summed E-state index contributed by atoms with van der Waals surface area (Å²) in [5.41, 5.74) is 0.767. The van der Waals surface area contributed by atoms with Crippen molar-refractivity contribution in [2.75, 3.05) is 5.32 Å². The van der Waals surface area contributed by atoms with Crippen molar-refractivity contribution in [3.63, 3.8) is 0 Å². The van der Waals surface area contributed by atoms with E-state index in [2.05, 4.69) is 28.9 Å². The Morgan fingerprint density at radius 2 is 1.95 bits per heavy atom. The lowest BCUT2D eigenvalue weighted by Crippen LogP contribution is -2.07. The van der Waals surface area contributed by atoms with Crippen LogP contribution in [0.2, 0.25) is 0 Å². The van der Waals surface area contributed by atoms with E-state index >= 15 is 0 Å². The molecule has 4 nitrogen and oxygen atoms in total. The molecule has 0 amide bonds. The van der Waals surface area contributed by atoms with Crippen LogP contribution in [-0.4, -0.2) is 16.2 Å². The van der Waals surface area contributed by atoms with E-state index in [-0.39, 0.29) is 5.75 Å². The van der Waals surface area contributed by atoms with Crippen LogP contribution in [0.3, 0.4) is 0 Å². The fraction of sp³-hybridized carbons (Fsp3) is 0.357. The fourth-order valence-electron chi connectivity index (χ4n) is 1.82. The van der Waals surface area contributed by atoms with Crippen molar-refractivity contribution in [1.82, 2.24) is 9.55 Å². The molecule has 0 atom stereocenters. The molecule has 0 aliphatic heterocycles. The number of ether oxygens (including phenoxy) is 1. The molecule has 0 fully saturated rings. The van der Waals surface area contributed by atoms with Crippen LogP contribution in [0, 0.1) is 5.92 Å². The van der Waals surface area contributed by atoms with Crippen molar-refractivity contribution < 1.29 is 13.5 Å². The van der Waals surface area contributed by atoms with Gasteiger partial charge in [0.1, 0.15) is 5.75 Å². The summed E-state index contributed by atoms with van der Waals surface area (Å²) in [6.45, 7) is 2.30. The number of rotatable bonds is 6. The molecule has 0 spiro atoms. The van der Waals surface area contributed by atoms with E-state index in [1.165, 1.54) is 12.1 Å². The van der Waals surface area contributed by atoms with Gasteiger partial charge in [0.25, 0.3) is 0 Å². The van der Waals surface area contributed by atoms with Gasteiger partial charge in [-0.2, -0.15) is 8.78 Å². The first-order valence-electron chi connectivity index (χ1n) is 6.37. The molecule has 108 valence electrons. The number of nitrogens with one attached hydrogen (secondary N) is 1. The standard InChI is InChI=1S/C14H17F2N3O/c1-10(2)9-19-8-7-17-14(19)18-11-3-5-12(6-4-11)20-13(15)16/h3-8,10,13H,9H2,1-2H3,(H,17,18). The topological polar surface area (TPSA) is 39.1 Å². The van der Waals surface area contributed by atoms with Gasteiger partial charge in [0.2, 0.25) is 5.95 Å². The summed E-state index contributed by atoms with van der Waals surface area (Å²) < 4.78 is 30.4. The lowest BCUT2D eigenvalue weighted by Gasteiger charge is -2.12. The highest BCUT2D eigenvalue weighted by Gasteiger charge is 2.06. The van der Waals surface area contributed by atoms with Gasteiger partial charge in [-0.15, -0.1) is 0 Å². The molecule has 1 heterocycles. The van der Waals surface area contributed by atoms with E-state index in [1.54, 1.807) is 18.3 Å². The summed E-state index contributed by atoms with van der Waals surface area (Å²) in [6, 6.07) is 6.33. The maximum absolute atomic E-state index is 12.0. The summed E-state index contributed by atoms with van der Waals surface area (Å²) in [6.07, 6.45) is 3.62. The molecular weight excluding hydrogens is 264 g/mol. The normalized spacial score (nSPS) is 11.1. The average molecular weight is 281 g/mol. The Balaban J connectivity index is 2.05. The van der Waals surface area contributed by atoms with Crippen LogP contribution in [0.15, 0.2) is 36.7 Å². The molecule has 20 heavy (non-hydrogen) atoms. The van der Waals surface area contributed by atoms with Crippen molar-refractivity contribution in [3.05, 3.63) is 36.7 Å². The van der Waals surface area contributed by atoms with E-state index in [0.717, 1.165) is 18.2 Å². The lowest BCUT2D eigenvalue weighted by atomic mass is 10.2. The zero-order valence-corrected chi connectivity index (χ0v) is 11.4. The highest BCUT2D eigenvalue weighted by atomic mass is 19.3. The molecule has 6 heteroatoms. The number of aromatic nitrogens is 2. The van der Waals surface area contributed by atoms with Gasteiger partial charge in [-0.05, 0) is 30.2 Å². The van der Waals surface area contributed by atoms with Crippen molar-refractivity contribution >= 4 is 11.6 Å². The Kier molecular flexibility index (Phi) is 4.55. The zero-order valence-electron chi connectivity index (χ0n) is 11.4. The van der Waals surface area contributed by atoms with Gasteiger partial charge >= 0.3 is 6.61 Å². The van der Waals surface area contributed by atoms with Gasteiger partial charge in [-0.25, -0.2) is 4.98 Å². The maximum Gasteiger partial charge on any atom is 0.387 e. The quantitative estimate of drug-likeness (QED) is 0.873. The zero-order chi connectivity index (χ0) is 14.5. The molecule has 1 aromatic carbocycles. The first-order chi connectivity index (χ1) is 9.54. The molecule has 0 radical (unpaired) electrons. The Labute approximate surface area is 116 Å². The van der Waals surface area contributed by atoms with Crippen molar-refractivity contribution in [2.24, 2.45) is 5.92 Å². The predicted molar refractivity (Wildman–Crippen MR) is 73.4 cm³/mol. The van der Waals surface area contributed by atoms with E-state index in [0.29, 0.717) is 5.92 Å². The maximum atomic E-state index is 12.0. The molecule has 1 N–H and O–H groups in total. The average Bonchev–Trinajstić information content (AvgIpc) is 2.78. The number of hydrogen-bond donors (Lipinski definition) is 1. The third kappa shape index (κ3) is 3.94. The molecule has 0 saturated heterocycles. The van der Waals surface area contributed by atoms with E-state index in [4.69, 9.17) is 0 Å². The second-order valence-electron chi connectivity index (χ2n) is 4.82. The summed E-state index contributed by atoms with van der Waals surface area (Å²) in [5, 5.41) is 3.15. The predicted octanol–water partition coefficient (Wildman–Crippen LogP) is 3.88. The van der Waals surface area contributed by atoms with Crippen LogP contribution < -0.4 is 10.1 Å². The van der Waals surface area contributed by atoms with Gasteiger partial charge in [0.05, 0.1) is 0 Å². The highest BCUT2D eigenvalue weighted by Crippen LogP contribution is 2.20. The molecular formula is C14H17F2N3O. The molecule has 0 unspecified atom stereocenters. The minimum atomic E-state index is -2.81. The summed E-state index contributed by atoms with van der Waals surface area (Å²) in [5.74, 6) is 1.36. The number of nitrogens with zero attached hydrogens (tertiary/aromatic N) is 2. The van der Waals surface area contributed by atoms with Crippen molar-refractivity contribution in [3.8, 4) is 5.75 Å². The first kappa shape index (κ1) is 14.3. The van der Waals surface area contributed by atoms with E-state index in [1.807, 2.05) is 10.8 Å². The van der Waals surface area contributed by atoms with Crippen LogP contribution >= 0.6 is 0 Å². The largest absolute Gasteiger partial charge is 0.435 e. The minimum absolute atomic E-state index is 0.135. The number of benzene rings is 1. The minimum Gasteiger partial charge on any atom is -0.435 e. The smallest absolute Gasteiger partial charge is 0.387 e. The third-order valence-electron chi connectivity index (χ3n) is 2.61. The van der Waals surface area contributed by atoms with Gasteiger partial charge in [-0.1, -0.05) is 13.8 Å².